The Hall–Kier alpha value is -2.24. The highest BCUT2D eigenvalue weighted by Crippen LogP contribution is 2.42. The Labute approximate surface area is 212 Å². The van der Waals surface area contributed by atoms with Crippen molar-refractivity contribution in [1.82, 2.24) is 0 Å². The number of benzene rings is 2. The predicted molar refractivity (Wildman–Crippen MR) is 134 cm³/mol. The van der Waals surface area contributed by atoms with E-state index in [2.05, 4.69) is 6.92 Å². The summed E-state index contributed by atoms with van der Waals surface area (Å²) in [6, 6.07) is 6.36. The van der Waals surface area contributed by atoms with Crippen LogP contribution in [0.3, 0.4) is 0 Å². The summed E-state index contributed by atoms with van der Waals surface area (Å²) in [5.41, 5.74) is 1.01. The van der Waals surface area contributed by atoms with Crippen LogP contribution in [0.2, 0.25) is 0 Å². The molecule has 2 saturated carbocycles. The number of hydrogen-bond acceptors (Lipinski definition) is 2. The molecule has 2 fully saturated rings. The van der Waals surface area contributed by atoms with E-state index in [1.165, 1.54) is 25.0 Å². The Bertz CT molecular complexity index is 1010. The molecule has 2 nitrogen and oxygen atoms in total. The van der Waals surface area contributed by atoms with Crippen LogP contribution in [0.4, 0.5) is 17.6 Å². The van der Waals surface area contributed by atoms with Crippen molar-refractivity contribution in [3.63, 3.8) is 0 Å². The van der Waals surface area contributed by atoms with Crippen molar-refractivity contribution in [1.29, 1.82) is 0 Å². The summed E-state index contributed by atoms with van der Waals surface area (Å²) in [5, 5.41) is 0. The lowest BCUT2D eigenvalue weighted by Gasteiger charge is -2.31. The summed E-state index contributed by atoms with van der Waals surface area (Å²) in [5.74, 6) is -2.76. The average molecular weight is 507 g/mol. The molecule has 0 amide bonds. The van der Waals surface area contributed by atoms with Crippen molar-refractivity contribution in [2.24, 2.45) is 11.8 Å². The van der Waals surface area contributed by atoms with Gasteiger partial charge < -0.3 is 9.47 Å². The van der Waals surface area contributed by atoms with Gasteiger partial charge in [-0.15, -0.1) is 0 Å². The quantitative estimate of drug-likeness (QED) is 0.316. The van der Waals surface area contributed by atoms with E-state index in [4.69, 9.17) is 9.47 Å². The monoisotopic (exact) mass is 506 g/mol. The molecule has 0 bridgehead atoms. The smallest absolute Gasteiger partial charge is 0.204 e. The van der Waals surface area contributed by atoms with Gasteiger partial charge in [0.15, 0.2) is 23.1 Å². The molecule has 0 aliphatic heterocycles. The number of ether oxygens (including phenoxy) is 2. The molecule has 36 heavy (non-hydrogen) atoms. The second-order valence-corrected chi connectivity index (χ2v) is 10.5. The third-order valence-electron chi connectivity index (χ3n) is 8.20. The highest BCUT2D eigenvalue weighted by atomic mass is 19.2. The third kappa shape index (κ3) is 6.00. The van der Waals surface area contributed by atoms with E-state index in [0.717, 1.165) is 44.4 Å². The SMILES string of the molecule is CCCC1CCC(c2ccc(C3CCC(COc4ccc(OCC)c(F)c4F)CC3)c(F)c2F)CC1. The van der Waals surface area contributed by atoms with Gasteiger partial charge in [-0.25, -0.2) is 8.78 Å². The molecule has 0 heterocycles. The molecule has 0 atom stereocenters. The van der Waals surface area contributed by atoms with E-state index in [0.29, 0.717) is 24.0 Å². The molecule has 0 spiro atoms. The first-order chi connectivity index (χ1) is 17.4. The molecule has 4 rings (SSSR count). The van der Waals surface area contributed by atoms with Crippen LogP contribution in [0, 0.1) is 35.1 Å². The van der Waals surface area contributed by atoms with E-state index < -0.39 is 23.3 Å². The van der Waals surface area contributed by atoms with Gasteiger partial charge in [-0.05, 0) is 105 Å². The van der Waals surface area contributed by atoms with Crippen molar-refractivity contribution < 1.29 is 27.0 Å². The van der Waals surface area contributed by atoms with E-state index in [-0.39, 0.29) is 42.5 Å². The van der Waals surface area contributed by atoms with E-state index >= 15 is 8.78 Å². The highest BCUT2D eigenvalue weighted by Gasteiger charge is 2.30. The van der Waals surface area contributed by atoms with Crippen molar-refractivity contribution >= 4 is 0 Å². The van der Waals surface area contributed by atoms with Crippen molar-refractivity contribution in [3.05, 3.63) is 58.7 Å². The third-order valence-corrected chi connectivity index (χ3v) is 8.20. The van der Waals surface area contributed by atoms with Crippen LogP contribution in [0.1, 0.15) is 101 Å². The molecular weight excluding hydrogens is 468 g/mol. The molecule has 2 aliphatic rings. The summed E-state index contributed by atoms with van der Waals surface area (Å²) in [7, 11) is 0. The van der Waals surface area contributed by atoms with Gasteiger partial charge in [-0.3, -0.25) is 0 Å². The van der Waals surface area contributed by atoms with Crippen molar-refractivity contribution in [3.8, 4) is 11.5 Å². The first kappa shape index (κ1) is 26.8. The lowest BCUT2D eigenvalue weighted by Crippen LogP contribution is -2.21. The largest absolute Gasteiger partial charge is 0.491 e. The lowest BCUT2D eigenvalue weighted by atomic mass is 9.75. The van der Waals surface area contributed by atoms with Crippen molar-refractivity contribution in [2.45, 2.75) is 89.9 Å². The number of hydrogen-bond donors (Lipinski definition) is 0. The summed E-state index contributed by atoms with van der Waals surface area (Å²) in [6.45, 7) is 4.40. The van der Waals surface area contributed by atoms with Crippen LogP contribution in [0.25, 0.3) is 0 Å². The first-order valence-corrected chi connectivity index (χ1v) is 13.6. The number of halogens is 4. The standard InChI is InChI=1S/C30H38F4O2/c1-3-5-19-6-10-21(11-7-19)23-14-15-24(28(32)27(23)31)22-12-8-20(9-13-22)18-36-26-17-16-25(35-4-2)29(33)30(26)34/h14-17,19-22H,3-13,18H2,1-2H3. The van der Waals surface area contributed by atoms with Crippen LogP contribution in [-0.4, -0.2) is 13.2 Å². The maximum Gasteiger partial charge on any atom is 0.204 e. The Kier molecular flexibility index (Phi) is 9.19. The zero-order valence-corrected chi connectivity index (χ0v) is 21.4. The average Bonchev–Trinajstić information content (AvgIpc) is 2.89. The second kappa shape index (κ2) is 12.3. The topological polar surface area (TPSA) is 18.5 Å². The highest BCUT2D eigenvalue weighted by molar-refractivity contribution is 5.35. The molecule has 0 aromatic heterocycles. The van der Waals surface area contributed by atoms with Crippen LogP contribution < -0.4 is 9.47 Å². The Morgan fingerprint density at radius 2 is 1.08 bits per heavy atom. The fourth-order valence-electron chi connectivity index (χ4n) is 6.12. The van der Waals surface area contributed by atoms with Crippen LogP contribution in [0.15, 0.2) is 24.3 Å². The van der Waals surface area contributed by atoms with Crippen molar-refractivity contribution in [2.75, 3.05) is 13.2 Å². The minimum Gasteiger partial charge on any atom is -0.491 e. The molecule has 6 heteroatoms. The fourth-order valence-corrected chi connectivity index (χ4v) is 6.12. The van der Waals surface area contributed by atoms with E-state index in [9.17, 15) is 8.78 Å². The summed E-state index contributed by atoms with van der Waals surface area (Å²) in [4.78, 5) is 0. The van der Waals surface area contributed by atoms with Crippen LogP contribution >= 0.6 is 0 Å². The lowest BCUT2D eigenvalue weighted by molar-refractivity contribution is 0.190. The molecule has 0 radical (unpaired) electrons. The normalized spacial score (nSPS) is 24.5. The minimum atomic E-state index is -1.05. The van der Waals surface area contributed by atoms with Gasteiger partial charge in [0.2, 0.25) is 11.6 Å². The Balaban J connectivity index is 1.31. The zero-order chi connectivity index (χ0) is 25.7. The second-order valence-electron chi connectivity index (χ2n) is 10.5. The summed E-state index contributed by atoms with van der Waals surface area (Å²) >= 11 is 0. The Morgan fingerprint density at radius 3 is 1.56 bits per heavy atom. The van der Waals surface area contributed by atoms with Crippen LogP contribution in [0.5, 0.6) is 11.5 Å². The first-order valence-electron chi connectivity index (χ1n) is 13.6. The fraction of sp³-hybridized carbons (Fsp3) is 0.600. The minimum absolute atomic E-state index is 0.0373. The van der Waals surface area contributed by atoms with Gasteiger partial charge in [-0.2, -0.15) is 8.78 Å². The molecule has 2 aromatic carbocycles. The maximum atomic E-state index is 15.1. The van der Waals surface area contributed by atoms with Gasteiger partial charge in [0.1, 0.15) is 0 Å². The Morgan fingerprint density at radius 1 is 0.611 bits per heavy atom. The zero-order valence-electron chi connectivity index (χ0n) is 21.4. The summed E-state index contributed by atoms with van der Waals surface area (Å²) < 4.78 is 69.2. The van der Waals surface area contributed by atoms with Crippen LogP contribution in [-0.2, 0) is 0 Å². The molecule has 2 aliphatic carbocycles. The maximum absolute atomic E-state index is 15.1. The van der Waals surface area contributed by atoms with E-state index in [1.54, 1.807) is 13.0 Å². The molecule has 198 valence electrons. The van der Waals surface area contributed by atoms with E-state index in [1.807, 2.05) is 6.07 Å². The van der Waals surface area contributed by atoms with Gasteiger partial charge in [0, 0.05) is 0 Å². The molecular formula is C30H38F4O2. The molecule has 2 aromatic rings. The molecule has 0 N–H and O–H groups in total. The molecule has 0 saturated heterocycles. The van der Waals surface area contributed by atoms with Gasteiger partial charge >= 0.3 is 0 Å². The van der Waals surface area contributed by atoms with Gasteiger partial charge in [0.05, 0.1) is 13.2 Å². The van der Waals surface area contributed by atoms with Gasteiger partial charge in [-0.1, -0.05) is 31.9 Å². The predicted octanol–water partition coefficient (Wildman–Crippen LogP) is 9.07. The summed E-state index contributed by atoms with van der Waals surface area (Å²) in [6.07, 6.45) is 9.42. The molecule has 0 unspecified atom stereocenters. The van der Waals surface area contributed by atoms with Gasteiger partial charge in [0.25, 0.3) is 0 Å². The number of rotatable bonds is 9.